The van der Waals surface area contributed by atoms with Crippen LogP contribution >= 0.6 is 0 Å². The van der Waals surface area contributed by atoms with E-state index in [-0.39, 0.29) is 11.2 Å². The monoisotopic (exact) mass is 447 g/mol. The zero-order valence-corrected chi connectivity index (χ0v) is 19.8. The van der Waals surface area contributed by atoms with Gasteiger partial charge in [0.2, 0.25) is 0 Å². The van der Waals surface area contributed by atoms with Gasteiger partial charge in [-0.15, -0.1) is 0 Å². The van der Waals surface area contributed by atoms with Gasteiger partial charge < -0.3 is 4.18 Å². The van der Waals surface area contributed by atoms with Gasteiger partial charge in [0, 0.05) is 5.56 Å². The van der Waals surface area contributed by atoms with Crippen molar-refractivity contribution in [3.63, 3.8) is 0 Å². The molecule has 2 rings (SSSR count). The Labute approximate surface area is 175 Å². The lowest BCUT2D eigenvalue weighted by Crippen LogP contribution is -2.54. The molecule has 0 amide bonds. The second kappa shape index (κ2) is 8.53. The molecule has 1 fully saturated rings. The Morgan fingerprint density at radius 1 is 1.00 bits per heavy atom. The van der Waals surface area contributed by atoms with Crippen LogP contribution in [-0.4, -0.2) is 54.4 Å². The third-order valence-corrected chi connectivity index (χ3v) is 7.49. The summed E-state index contributed by atoms with van der Waals surface area (Å²) in [5, 5.41) is 0. The van der Waals surface area contributed by atoms with Crippen LogP contribution in [0.5, 0.6) is 5.75 Å². The van der Waals surface area contributed by atoms with Crippen LogP contribution in [-0.2, 0) is 30.0 Å². The zero-order chi connectivity index (χ0) is 22.1. The molecule has 0 aliphatic heterocycles. The second-order valence-corrected chi connectivity index (χ2v) is 11.4. The molecule has 0 spiro atoms. The van der Waals surface area contributed by atoms with E-state index < -0.39 is 31.9 Å². The van der Waals surface area contributed by atoms with Gasteiger partial charge in [0.05, 0.1) is 24.2 Å². The Kier molecular flexibility index (Phi) is 7.09. The van der Waals surface area contributed by atoms with E-state index in [0.717, 1.165) is 43.8 Å². The maximum atomic E-state index is 12.1. The first-order valence-corrected chi connectivity index (χ1v) is 13.5. The molecule has 0 radical (unpaired) electrons. The Hall–Kier alpha value is -1.16. The predicted molar refractivity (Wildman–Crippen MR) is 114 cm³/mol. The molecule has 1 aliphatic rings. The van der Waals surface area contributed by atoms with Crippen molar-refractivity contribution in [1.29, 1.82) is 0 Å². The highest BCUT2D eigenvalue weighted by Crippen LogP contribution is 2.54. The van der Waals surface area contributed by atoms with Crippen molar-refractivity contribution >= 4 is 20.2 Å². The van der Waals surface area contributed by atoms with Crippen LogP contribution < -0.4 is 4.18 Å². The first-order valence-electron chi connectivity index (χ1n) is 9.83. The summed E-state index contributed by atoms with van der Waals surface area (Å²) in [6.45, 7) is 4.12. The number of rotatable bonds is 8. The maximum Gasteiger partial charge on any atom is 0.306 e. The van der Waals surface area contributed by atoms with E-state index in [4.69, 9.17) is 8.37 Å². The minimum absolute atomic E-state index is 0.255. The summed E-state index contributed by atoms with van der Waals surface area (Å²) in [5.41, 5.74) is -0.155. The van der Waals surface area contributed by atoms with Crippen molar-refractivity contribution < 1.29 is 25.2 Å². The van der Waals surface area contributed by atoms with E-state index in [1.807, 2.05) is 31.1 Å². The Balaban J connectivity index is 2.62. The summed E-state index contributed by atoms with van der Waals surface area (Å²) < 4.78 is 58.7. The summed E-state index contributed by atoms with van der Waals surface area (Å²) in [7, 11) is -3.54. The van der Waals surface area contributed by atoms with Crippen LogP contribution in [0.1, 0.15) is 51.5 Å². The number of para-hydroxylation sites is 1. The van der Waals surface area contributed by atoms with Gasteiger partial charge in [0.25, 0.3) is 10.1 Å². The van der Waals surface area contributed by atoms with Crippen molar-refractivity contribution in [2.75, 3.05) is 26.6 Å². The highest BCUT2D eigenvalue weighted by molar-refractivity contribution is 7.86. The average molecular weight is 448 g/mol. The fourth-order valence-electron chi connectivity index (χ4n) is 4.63. The molecule has 166 valence electrons. The average Bonchev–Trinajstić information content (AvgIpc) is 2.59. The van der Waals surface area contributed by atoms with Crippen LogP contribution in [0.4, 0.5) is 0 Å². The SMILES string of the molecule is CCC1(CC)CCC(c2ccccc2OS(C)(=O)=O)(N(C)C)CC1OS(C)(=O)=O. The van der Waals surface area contributed by atoms with E-state index in [1.54, 1.807) is 12.1 Å². The van der Waals surface area contributed by atoms with Crippen LogP contribution in [0, 0.1) is 5.41 Å². The molecule has 0 heterocycles. The first kappa shape index (κ1) is 24.1. The lowest BCUT2D eigenvalue weighted by Gasteiger charge is -2.53. The summed E-state index contributed by atoms with van der Waals surface area (Å²) in [5.74, 6) is 0.266. The minimum Gasteiger partial charge on any atom is -0.382 e. The largest absolute Gasteiger partial charge is 0.382 e. The summed E-state index contributed by atoms with van der Waals surface area (Å²) in [6, 6.07) is 7.05. The number of hydrogen-bond acceptors (Lipinski definition) is 7. The van der Waals surface area contributed by atoms with Crippen molar-refractivity contribution in [2.24, 2.45) is 5.41 Å². The van der Waals surface area contributed by atoms with Crippen LogP contribution in [0.25, 0.3) is 0 Å². The van der Waals surface area contributed by atoms with Gasteiger partial charge in [-0.05, 0) is 57.7 Å². The Morgan fingerprint density at radius 3 is 2.07 bits per heavy atom. The molecule has 0 aromatic heterocycles. The molecule has 1 aromatic rings. The molecule has 9 heteroatoms. The van der Waals surface area contributed by atoms with Crippen molar-refractivity contribution in [2.45, 2.75) is 57.6 Å². The minimum atomic E-state index is -3.71. The van der Waals surface area contributed by atoms with Gasteiger partial charge in [-0.25, -0.2) is 0 Å². The third kappa shape index (κ3) is 5.31. The molecule has 1 saturated carbocycles. The van der Waals surface area contributed by atoms with Gasteiger partial charge in [-0.1, -0.05) is 32.0 Å². The van der Waals surface area contributed by atoms with Crippen molar-refractivity contribution in [3.8, 4) is 5.75 Å². The van der Waals surface area contributed by atoms with Gasteiger partial charge in [-0.3, -0.25) is 9.08 Å². The zero-order valence-electron chi connectivity index (χ0n) is 18.1. The van der Waals surface area contributed by atoms with Crippen LogP contribution in [0.15, 0.2) is 24.3 Å². The van der Waals surface area contributed by atoms with E-state index in [2.05, 4.69) is 13.8 Å². The van der Waals surface area contributed by atoms with Crippen molar-refractivity contribution in [1.82, 2.24) is 4.90 Å². The molecule has 2 unspecified atom stereocenters. The van der Waals surface area contributed by atoms with Gasteiger partial charge in [0.15, 0.2) is 0 Å². The van der Waals surface area contributed by atoms with Gasteiger partial charge >= 0.3 is 10.1 Å². The second-order valence-electron chi connectivity index (χ2n) is 8.27. The lowest BCUT2D eigenvalue weighted by molar-refractivity contribution is -0.0639. The van der Waals surface area contributed by atoms with Crippen molar-refractivity contribution in [3.05, 3.63) is 29.8 Å². The molecular weight excluding hydrogens is 414 g/mol. The normalized spacial score (nSPS) is 25.1. The highest BCUT2D eigenvalue weighted by Gasteiger charge is 2.52. The van der Waals surface area contributed by atoms with Gasteiger partial charge in [0.1, 0.15) is 5.75 Å². The number of nitrogens with zero attached hydrogens (tertiary/aromatic N) is 1. The predicted octanol–water partition coefficient (Wildman–Crippen LogP) is 3.12. The Morgan fingerprint density at radius 2 is 1.59 bits per heavy atom. The van der Waals surface area contributed by atoms with Crippen LogP contribution in [0.3, 0.4) is 0 Å². The fourth-order valence-corrected chi connectivity index (χ4v) is 5.79. The van der Waals surface area contributed by atoms with E-state index in [1.165, 1.54) is 0 Å². The summed E-state index contributed by atoms with van der Waals surface area (Å²) in [6.07, 6.45) is 5.08. The molecule has 1 aliphatic carbocycles. The topological polar surface area (TPSA) is 90.0 Å². The third-order valence-electron chi connectivity index (χ3n) is 6.43. The molecule has 0 bridgehead atoms. The number of hydrogen-bond donors (Lipinski definition) is 0. The fraction of sp³-hybridized carbons (Fsp3) is 0.700. The highest BCUT2D eigenvalue weighted by atomic mass is 32.2. The van der Waals surface area contributed by atoms with E-state index >= 15 is 0 Å². The molecule has 7 nitrogen and oxygen atoms in total. The molecule has 2 atom stereocenters. The Bertz CT molecular complexity index is 922. The standard InChI is InChI=1S/C20H33NO6S2/c1-7-19(8-2)13-14-20(21(3)4,15-18(19)27-29(6,24)25)16-11-9-10-12-17(16)26-28(5,22)23/h9-12,18H,7-8,13-15H2,1-6H3. The summed E-state index contributed by atoms with van der Waals surface area (Å²) in [4.78, 5) is 2.02. The molecule has 0 N–H and O–H groups in total. The van der Waals surface area contributed by atoms with Crippen LogP contribution in [0.2, 0.25) is 0 Å². The van der Waals surface area contributed by atoms with E-state index in [9.17, 15) is 16.8 Å². The lowest BCUT2D eigenvalue weighted by atomic mass is 9.61. The number of benzene rings is 1. The maximum absolute atomic E-state index is 12.1. The quantitative estimate of drug-likeness (QED) is 0.566. The van der Waals surface area contributed by atoms with Gasteiger partial charge in [-0.2, -0.15) is 16.8 Å². The smallest absolute Gasteiger partial charge is 0.306 e. The molecular formula is C20H33NO6S2. The summed E-state index contributed by atoms with van der Waals surface area (Å²) >= 11 is 0. The molecule has 0 saturated heterocycles. The molecule has 29 heavy (non-hydrogen) atoms. The molecule has 1 aromatic carbocycles. The first-order chi connectivity index (χ1) is 13.3. The van der Waals surface area contributed by atoms with E-state index in [0.29, 0.717) is 6.42 Å².